The number of anilines is 2. The van der Waals surface area contributed by atoms with E-state index >= 15 is 0 Å². The van der Waals surface area contributed by atoms with Gasteiger partial charge < -0.3 is 9.80 Å². The Bertz CT molecular complexity index is 950. The van der Waals surface area contributed by atoms with Crippen molar-refractivity contribution in [2.24, 2.45) is 0 Å². The molecule has 1 N–H and O–H groups in total. The molecule has 1 heterocycles. The highest BCUT2D eigenvalue weighted by Gasteiger charge is 2.29. The average molecular weight is 404 g/mol. The summed E-state index contributed by atoms with van der Waals surface area (Å²) in [6.07, 6.45) is 1.89. The maximum Gasteiger partial charge on any atom is 0.293 e. The van der Waals surface area contributed by atoms with Gasteiger partial charge in [-0.25, -0.2) is 13.1 Å². The second-order valence-electron chi connectivity index (χ2n) is 6.80. The summed E-state index contributed by atoms with van der Waals surface area (Å²) < 4.78 is 26.2. The van der Waals surface area contributed by atoms with Crippen LogP contribution in [0.25, 0.3) is 0 Å². The van der Waals surface area contributed by atoms with Crippen LogP contribution in [0.5, 0.6) is 0 Å². The largest absolute Gasteiger partial charge is 0.369 e. The van der Waals surface area contributed by atoms with E-state index in [0.717, 1.165) is 37.7 Å². The van der Waals surface area contributed by atoms with Crippen molar-refractivity contribution >= 4 is 27.1 Å². The van der Waals surface area contributed by atoms with Crippen molar-refractivity contribution in [1.82, 2.24) is 4.72 Å². The van der Waals surface area contributed by atoms with Gasteiger partial charge in [0.25, 0.3) is 5.69 Å². The Morgan fingerprint density at radius 1 is 1.21 bits per heavy atom. The highest BCUT2D eigenvalue weighted by Crippen LogP contribution is 2.33. The molecule has 1 unspecified atom stereocenters. The number of nitrogens with zero attached hydrogens (tertiary/aromatic N) is 3. The van der Waals surface area contributed by atoms with E-state index in [0.29, 0.717) is 5.69 Å². The highest BCUT2D eigenvalue weighted by atomic mass is 32.2. The van der Waals surface area contributed by atoms with Crippen molar-refractivity contribution in [2.45, 2.75) is 23.8 Å². The Morgan fingerprint density at radius 3 is 2.57 bits per heavy atom. The van der Waals surface area contributed by atoms with Crippen molar-refractivity contribution < 1.29 is 13.3 Å². The molecule has 1 aliphatic rings. The fraction of sp³-hybridized carbons (Fsp3) is 0.368. The Hall–Kier alpha value is -2.65. The van der Waals surface area contributed by atoms with E-state index in [4.69, 9.17) is 0 Å². The molecule has 150 valence electrons. The van der Waals surface area contributed by atoms with Gasteiger partial charge in [-0.3, -0.25) is 10.1 Å². The van der Waals surface area contributed by atoms with Gasteiger partial charge in [-0.15, -0.1) is 0 Å². The van der Waals surface area contributed by atoms with Gasteiger partial charge in [0.2, 0.25) is 10.0 Å². The summed E-state index contributed by atoms with van der Waals surface area (Å²) in [5.74, 6) is 0. The summed E-state index contributed by atoms with van der Waals surface area (Å²) in [6, 6.07) is 14.2. The van der Waals surface area contributed by atoms with Gasteiger partial charge in [0, 0.05) is 37.9 Å². The summed E-state index contributed by atoms with van der Waals surface area (Å²) in [6.45, 7) is 1.68. The zero-order valence-electron chi connectivity index (χ0n) is 15.9. The van der Waals surface area contributed by atoms with Crippen LogP contribution in [0.4, 0.5) is 17.1 Å². The third kappa shape index (κ3) is 4.10. The Morgan fingerprint density at radius 2 is 1.93 bits per heavy atom. The highest BCUT2D eigenvalue weighted by molar-refractivity contribution is 7.89. The number of sulfonamides is 1. The predicted molar refractivity (Wildman–Crippen MR) is 109 cm³/mol. The van der Waals surface area contributed by atoms with Crippen molar-refractivity contribution in [1.29, 1.82) is 0 Å². The minimum absolute atomic E-state index is 0.0828. The third-order valence-electron chi connectivity index (χ3n) is 5.17. The Labute approximate surface area is 165 Å². The predicted octanol–water partition coefficient (Wildman–Crippen LogP) is 2.61. The van der Waals surface area contributed by atoms with Gasteiger partial charge in [-0.05, 0) is 44.2 Å². The van der Waals surface area contributed by atoms with Crippen LogP contribution in [0.2, 0.25) is 0 Å². The number of hydrogen-bond acceptors (Lipinski definition) is 6. The zero-order valence-corrected chi connectivity index (χ0v) is 16.7. The summed E-state index contributed by atoms with van der Waals surface area (Å²) in [4.78, 5) is 15.1. The molecule has 2 aromatic rings. The van der Waals surface area contributed by atoms with E-state index in [1.807, 2.05) is 30.1 Å². The molecule has 1 fully saturated rings. The van der Waals surface area contributed by atoms with E-state index in [1.54, 1.807) is 0 Å². The molecule has 0 radical (unpaired) electrons. The van der Waals surface area contributed by atoms with Crippen molar-refractivity contribution in [2.75, 3.05) is 37.0 Å². The zero-order chi connectivity index (χ0) is 20.3. The first-order valence-electron chi connectivity index (χ1n) is 9.08. The van der Waals surface area contributed by atoms with E-state index < -0.39 is 14.9 Å². The summed E-state index contributed by atoms with van der Waals surface area (Å²) in [7, 11) is -0.641. The first-order valence-corrected chi connectivity index (χ1v) is 10.6. The van der Waals surface area contributed by atoms with Crippen LogP contribution in [0.1, 0.15) is 12.8 Å². The van der Waals surface area contributed by atoms with E-state index in [9.17, 15) is 18.5 Å². The van der Waals surface area contributed by atoms with Crippen molar-refractivity contribution in [3.63, 3.8) is 0 Å². The molecule has 9 heteroatoms. The van der Waals surface area contributed by atoms with Gasteiger partial charge in [0.05, 0.1) is 9.82 Å². The molecule has 0 aliphatic carbocycles. The number of likely N-dealkylation sites (N-methyl/N-ethyl adjacent to an activating group) is 1. The molecule has 0 spiro atoms. The quantitative estimate of drug-likeness (QED) is 0.587. The lowest BCUT2D eigenvalue weighted by molar-refractivity contribution is -0.384. The first kappa shape index (κ1) is 20.1. The summed E-state index contributed by atoms with van der Waals surface area (Å²) >= 11 is 0. The van der Waals surface area contributed by atoms with Crippen LogP contribution in [0.15, 0.2) is 53.4 Å². The number of hydrogen-bond donors (Lipinski definition) is 1. The molecule has 1 saturated heterocycles. The SMILES string of the molecule is CNS(=O)(=O)c1ccc(N(C)C2CCCN(c3ccccc3)C2)c([N+](=O)[O-])c1. The second kappa shape index (κ2) is 8.15. The maximum atomic E-state index is 12.0. The molecular weight excluding hydrogens is 380 g/mol. The lowest BCUT2D eigenvalue weighted by atomic mass is 10.0. The summed E-state index contributed by atoms with van der Waals surface area (Å²) in [5.41, 5.74) is 1.33. The maximum absolute atomic E-state index is 12.0. The van der Waals surface area contributed by atoms with Gasteiger partial charge in [-0.1, -0.05) is 18.2 Å². The van der Waals surface area contributed by atoms with Crippen LogP contribution in [0, 0.1) is 10.1 Å². The number of nitro benzene ring substituents is 1. The molecule has 8 nitrogen and oxygen atoms in total. The van der Waals surface area contributed by atoms with Gasteiger partial charge in [-0.2, -0.15) is 0 Å². The minimum Gasteiger partial charge on any atom is -0.369 e. The molecular formula is C19H24N4O4S. The van der Waals surface area contributed by atoms with Crippen LogP contribution >= 0.6 is 0 Å². The van der Waals surface area contributed by atoms with E-state index in [-0.39, 0.29) is 16.6 Å². The number of rotatable bonds is 6. The molecule has 3 rings (SSSR count). The van der Waals surface area contributed by atoms with Crippen molar-refractivity contribution in [3.8, 4) is 0 Å². The normalized spacial score (nSPS) is 17.4. The third-order valence-corrected chi connectivity index (χ3v) is 6.58. The second-order valence-corrected chi connectivity index (χ2v) is 8.69. The van der Waals surface area contributed by atoms with Crippen molar-refractivity contribution in [3.05, 3.63) is 58.6 Å². The van der Waals surface area contributed by atoms with Crippen LogP contribution in [-0.4, -0.2) is 46.6 Å². The van der Waals surface area contributed by atoms with E-state index in [1.165, 1.54) is 19.2 Å². The Balaban J connectivity index is 1.89. The number of piperidine rings is 1. The summed E-state index contributed by atoms with van der Waals surface area (Å²) in [5, 5.41) is 11.6. The molecule has 1 aliphatic heterocycles. The van der Waals surface area contributed by atoms with Crippen LogP contribution < -0.4 is 14.5 Å². The molecule has 0 amide bonds. The molecule has 28 heavy (non-hydrogen) atoms. The lowest BCUT2D eigenvalue weighted by Gasteiger charge is -2.39. The fourth-order valence-electron chi connectivity index (χ4n) is 3.57. The van der Waals surface area contributed by atoms with Gasteiger partial charge in [0.15, 0.2) is 0 Å². The smallest absolute Gasteiger partial charge is 0.293 e. The molecule has 0 aromatic heterocycles. The average Bonchev–Trinajstić information content (AvgIpc) is 2.73. The number of nitrogens with one attached hydrogen (secondary N) is 1. The fourth-order valence-corrected chi connectivity index (χ4v) is 4.32. The topological polar surface area (TPSA) is 95.8 Å². The monoisotopic (exact) mass is 404 g/mol. The number of nitro groups is 1. The number of benzene rings is 2. The van der Waals surface area contributed by atoms with Gasteiger partial charge in [0.1, 0.15) is 5.69 Å². The molecule has 2 aromatic carbocycles. The van der Waals surface area contributed by atoms with E-state index in [2.05, 4.69) is 21.8 Å². The molecule has 0 saturated carbocycles. The minimum atomic E-state index is -3.75. The van der Waals surface area contributed by atoms with Crippen LogP contribution in [0.3, 0.4) is 0 Å². The molecule has 1 atom stereocenters. The Kier molecular flexibility index (Phi) is 5.85. The lowest BCUT2D eigenvalue weighted by Crippen LogP contribution is -2.47. The van der Waals surface area contributed by atoms with Crippen LogP contribution in [-0.2, 0) is 10.0 Å². The standard InChI is InChI=1S/C19H24N4O4S/c1-20-28(26,27)17-10-11-18(19(13-17)23(24)25)21(2)16-9-6-12-22(14-16)15-7-4-3-5-8-15/h3-5,7-8,10-11,13,16,20H,6,9,12,14H2,1-2H3. The number of para-hydroxylation sites is 1. The first-order chi connectivity index (χ1) is 13.3. The van der Waals surface area contributed by atoms with Gasteiger partial charge >= 0.3 is 0 Å². The molecule has 0 bridgehead atoms.